The molecule has 2 aromatic rings. The van der Waals surface area contributed by atoms with E-state index in [1.165, 1.54) is 12.1 Å². The van der Waals surface area contributed by atoms with Gasteiger partial charge in [0.05, 0.1) is 0 Å². The summed E-state index contributed by atoms with van der Waals surface area (Å²) < 4.78 is 13.3. The molecule has 88 valence electrons. The van der Waals surface area contributed by atoms with E-state index < -0.39 is 11.7 Å². The fourth-order valence-electron chi connectivity index (χ4n) is 1.47. The number of alkyl halides is 1. The van der Waals surface area contributed by atoms with Crippen molar-refractivity contribution in [3.05, 3.63) is 35.3 Å². The van der Waals surface area contributed by atoms with Crippen LogP contribution in [-0.4, -0.2) is 21.3 Å². The summed E-state index contributed by atoms with van der Waals surface area (Å²) in [6.45, 7) is 0. The molecule has 1 aromatic carbocycles. The minimum atomic E-state index is -0.710. The highest BCUT2D eigenvalue weighted by Gasteiger charge is 2.16. The first kappa shape index (κ1) is 11.7. The zero-order valence-corrected chi connectivity index (χ0v) is 10.2. The van der Waals surface area contributed by atoms with E-state index in [0.29, 0.717) is 10.9 Å². The van der Waals surface area contributed by atoms with Crippen LogP contribution in [0.3, 0.4) is 0 Å². The molecule has 1 heterocycles. The second-order valence-electron chi connectivity index (χ2n) is 3.37. The Morgan fingerprint density at radius 3 is 2.82 bits per heavy atom. The van der Waals surface area contributed by atoms with Gasteiger partial charge >= 0.3 is 0 Å². The fourth-order valence-corrected chi connectivity index (χ4v) is 1.79. The molecule has 0 saturated heterocycles. The molecule has 0 bridgehead atoms. The van der Waals surface area contributed by atoms with Gasteiger partial charge in [0.15, 0.2) is 5.69 Å². The van der Waals surface area contributed by atoms with E-state index in [0.717, 1.165) is 5.56 Å². The zero-order chi connectivity index (χ0) is 12.4. The van der Waals surface area contributed by atoms with Crippen LogP contribution in [0.4, 0.5) is 4.39 Å². The maximum atomic E-state index is 13.3. The molecule has 0 fully saturated rings. The summed E-state index contributed by atoms with van der Waals surface area (Å²) in [5, 5.41) is 10.2. The molecule has 0 aliphatic rings. The number of aromatic amines is 1. The van der Waals surface area contributed by atoms with Crippen molar-refractivity contribution in [2.45, 2.75) is 5.33 Å². The first-order valence-corrected chi connectivity index (χ1v) is 5.80. The number of amides is 1. The second-order valence-corrected chi connectivity index (χ2v) is 3.93. The molecule has 1 amide bonds. The molecule has 0 radical (unpaired) electrons. The molecule has 1 aromatic heterocycles. The van der Waals surface area contributed by atoms with Crippen molar-refractivity contribution in [1.82, 2.24) is 15.4 Å². The highest BCUT2D eigenvalue weighted by Crippen LogP contribution is 2.23. The fraction of sp³-hybridized carbons (Fsp3) is 0.100. The van der Waals surface area contributed by atoms with Crippen molar-refractivity contribution >= 4 is 21.8 Å². The number of nitrogens with one attached hydrogen (secondary N) is 1. The molecule has 0 aliphatic heterocycles. The van der Waals surface area contributed by atoms with Gasteiger partial charge in [0.25, 0.3) is 5.91 Å². The second kappa shape index (κ2) is 4.62. The molecule has 0 atom stereocenters. The van der Waals surface area contributed by atoms with Gasteiger partial charge in [-0.2, -0.15) is 15.4 Å². The van der Waals surface area contributed by atoms with Crippen LogP contribution in [0, 0.1) is 5.82 Å². The Morgan fingerprint density at radius 1 is 1.41 bits per heavy atom. The standard InChI is InChI=1S/C10H8BrFN4O/c11-4-5-1-6(3-7(12)2-5)8-9(10(13)17)15-16-14-8/h1-3H,4H2,(H2,13,17)(H,14,15,16). The number of carbonyl (C=O) groups is 1. The summed E-state index contributed by atoms with van der Waals surface area (Å²) in [4.78, 5) is 11.1. The predicted molar refractivity (Wildman–Crippen MR) is 62.9 cm³/mol. The Balaban J connectivity index is 2.56. The Labute approximate surface area is 104 Å². The molecule has 2 rings (SSSR count). The lowest BCUT2D eigenvalue weighted by Gasteiger charge is -2.02. The van der Waals surface area contributed by atoms with Gasteiger partial charge < -0.3 is 5.73 Å². The minimum Gasteiger partial charge on any atom is -0.364 e. The van der Waals surface area contributed by atoms with Crippen LogP contribution in [0.25, 0.3) is 11.3 Å². The quantitative estimate of drug-likeness (QED) is 0.844. The summed E-state index contributed by atoms with van der Waals surface area (Å²) in [6, 6.07) is 4.38. The number of H-pyrrole nitrogens is 1. The number of rotatable bonds is 3. The lowest BCUT2D eigenvalue weighted by atomic mass is 10.1. The van der Waals surface area contributed by atoms with Crippen LogP contribution in [-0.2, 0) is 5.33 Å². The van der Waals surface area contributed by atoms with Gasteiger partial charge in [-0.1, -0.05) is 15.9 Å². The normalized spacial score (nSPS) is 10.5. The number of aromatic nitrogens is 3. The van der Waals surface area contributed by atoms with Gasteiger partial charge in [0.2, 0.25) is 0 Å². The molecule has 0 unspecified atom stereocenters. The number of primary amides is 1. The van der Waals surface area contributed by atoms with Crippen molar-refractivity contribution in [3.8, 4) is 11.3 Å². The monoisotopic (exact) mass is 298 g/mol. The van der Waals surface area contributed by atoms with Gasteiger partial charge in [-0.05, 0) is 23.8 Å². The predicted octanol–water partition coefficient (Wildman–Crippen LogP) is 1.60. The maximum absolute atomic E-state index is 13.3. The molecule has 7 heteroatoms. The van der Waals surface area contributed by atoms with E-state index in [9.17, 15) is 9.18 Å². The number of nitrogens with zero attached hydrogens (tertiary/aromatic N) is 2. The zero-order valence-electron chi connectivity index (χ0n) is 8.58. The van der Waals surface area contributed by atoms with Gasteiger partial charge in [0.1, 0.15) is 11.5 Å². The lowest BCUT2D eigenvalue weighted by Crippen LogP contribution is -2.12. The number of benzene rings is 1. The Hall–Kier alpha value is -1.76. The van der Waals surface area contributed by atoms with Gasteiger partial charge in [-0.3, -0.25) is 4.79 Å². The Morgan fingerprint density at radius 2 is 2.18 bits per heavy atom. The molecule has 0 saturated carbocycles. The summed E-state index contributed by atoms with van der Waals surface area (Å²) >= 11 is 3.23. The molecule has 5 nitrogen and oxygen atoms in total. The van der Waals surface area contributed by atoms with Crippen molar-refractivity contribution in [2.75, 3.05) is 0 Å². The topological polar surface area (TPSA) is 84.7 Å². The van der Waals surface area contributed by atoms with Crippen LogP contribution in [0.5, 0.6) is 0 Å². The van der Waals surface area contributed by atoms with Crippen LogP contribution in [0.2, 0.25) is 0 Å². The average molecular weight is 299 g/mol. The van der Waals surface area contributed by atoms with Crippen molar-refractivity contribution in [3.63, 3.8) is 0 Å². The van der Waals surface area contributed by atoms with E-state index in [1.54, 1.807) is 6.07 Å². The first-order chi connectivity index (χ1) is 8.11. The number of hydrogen-bond acceptors (Lipinski definition) is 3. The summed E-state index contributed by atoms with van der Waals surface area (Å²) in [5.74, 6) is -1.12. The SMILES string of the molecule is NC(=O)c1n[nH]nc1-c1cc(F)cc(CBr)c1. The van der Waals surface area contributed by atoms with Crippen LogP contribution in [0.1, 0.15) is 16.1 Å². The number of carbonyl (C=O) groups excluding carboxylic acids is 1. The van der Waals surface area contributed by atoms with Crippen molar-refractivity contribution in [2.24, 2.45) is 5.73 Å². The lowest BCUT2D eigenvalue weighted by molar-refractivity contribution is 0.0996. The Bertz CT molecular complexity index is 569. The highest BCUT2D eigenvalue weighted by molar-refractivity contribution is 9.08. The van der Waals surface area contributed by atoms with Crippen molar-refractivity contribution < 1.29 is 9.18 Å². The first-order valence-electron chi connectivity index (χ1n) is 4.68. The van der Waals surface area contributed by atoms with E-state index in [2.05, 4.69) is 31.3 Å². The molecule has 17 heavy (non-hydrogen) atoms. The third-order valence-corrected chi connectivity index (χ3v) is 2.81. The molecule has 0 spiro atoms. The van der Waals surface area contributed by atoms with E-state index in [4.69, 9.17) is 5.73 Å². The number of nitrogens with two attached hydrogens (primary N) is 1. The van der Waals surface area contributed by atoms with Crippen LogP contribution in [0.15, 0.2) is 18.2 Å². The third kappa shape index (κ3) is 2.33. The van der Waals surface area contributed by atoms with Crippen LogP contribution < -0.4 is 5.73 Å². The average Bonchev–Trinajstić information content (AvgIpc) is 2.77. The number of halogens is 2. The van der Waals surface area contributed by atoms with Gasteiger partial charge in [-0.25, -0.2) is 4.39 Å². The van der Waals surface area contributed by atoms with E-state index in [-0.39, 0.29) is 11.4 Å². The number of hydrogen-bond donors (Lipinski definition) is 2. The van der Waals surface area contributed by atoms with Gasteiger partial charge in [0, 0.05) is 10.9 Å². The molecule has 3 N–H and O–H groups in total. The molecular formula is C10H8BrFN4O. The largest absolute Gasteiger partial charge is 0.364 e. The minimum absolute atomic E-state index is 0.00359. The maximum Gasteiger partial charge on any atom is 0.271 e. The summed E-state index contributed by atoms with van der Waals surface area (Å²) in [6.07, 6.45) is 0. The van der Waals surface area contributed by atoms with Crippen LogP contribution >= 0.6 is 15.9 Å². The van der Waals surface area contributed by atoms with E-state index in [1.807, 2.05) is 0 Å². The Kier molecular flexibility index (Phi) is 3.19. The summed E-state index contributed by atoms with van der Waals surface area (Å²) in [7, 11) is 0. The van der Waals surface area contributed by atoms with Gasteiger partial charge in [-0.15, -0.1) is 0 Å². The molecule has 0 aliphatic carbocycles. The third-order valence-electron chi connectivity index (χ3n) is 2.17. The smallest absolute Gasteiger partial charge is 0.271 e. The van der Waals surface area contributed by atoms with E-state index >= 15 is 0 Å². The molecular weight excluding hydrogens is 291 g/mol. The van der Waals surface area contributed by atoms with Crippen molar-refractivity contribution in [1.29, 1.82) is 0 Å². The highest BCUT2D eigenvalue weighted by atomic mass is 79.9. The summed E-state index contributed by atoms with van der Waals surface area (Å²) in [5.41, 5.74) is 6.58.